The van der Waals surface area contributed by atoms with Gasteiger partial charge in [0.15, 0.2) is 0 Å². The van der Waals surface area contributed by atoms with Crippen molar-refractivity contribution in [2.75, 3.05) is 5.32 Å². The van der Waals surface area contributed by atoms with Crippen molar-refractivity contribution in [3.05, 3.63) is 33.2 Å². The molecule has 3 rings (SSSR count). The average molecular weight is 291 g/mol. The van der Waals surface area contributed by atoms with Gasteiger partial charge in [0.1, 0.15) is 11.6 Å². The lowest BCUT2D eigenvalue weighted by Gasteiger charge is -2.05. The molecule has 0 saturated heterocycles. The van der Waals surface area contributed by atoms with E-state index in [0.29, 0.717) is 11.0 Å². The highest BCUT2D eigenvalue weighted by atomic mass is 32.1. The lowest BCUT2D eigenvalue weighted by Crippen LogP contribution is -2.29. The monoisotopic (exact) mass is 291 g/mol. The van der Waals surface area contributed by atoms with Crippen LogP contribution in [0.15, 0.2) is 16.9 Å². The predicted molar refractivity (Wildman–Crippen MR) is 73.7 cm³/mol. The van der Waals surface area contributed by atoms with Crippen LogP contribution in [0.3, 0.4) is 0 Å². The highest BCUT2D eigenvalue weighted by Crippen LogP contribution is 2.38. The Morgan fingerprint density at radius 2 is 2.25 bits per heavy atom. The van der Waals surface area contributed by atoms with Crippen LogP contribution in [0.5, 0.6) is 0 Å². The molecule has 0 bridgehead atoms. The Morgan fingerprint density at radius 3 is 2.90 bits per heavy atom. The van der Waals surface area contributed by atoms with Crippen molar-refractivity contribution in [1.29, 1.82) is 0 Å². The zero-order chi connectivity index (χ0) is 14.1. The topological polar surface area (TPSA) is 89.8 Å². The van der Waals surface area contributed by atoms with Crippen LogP contribution in [0, 0.1) is 6.92 Å². The minimum atomic E-state index is -0.330. The predicted octanol–water partition coefficient (Wildman–Crippen LogP) is 0.919. The highest BCUT2D eigenvalue weighted by Gasteiger charge is 2.25. The summed E-state index contributed by atoms with van der Waals surface area (Å²) >= 11 is 1.29. The maximum atomic E-state index is 11.9. The molecule has 0 aromatic carbocycles. The molecule has 1 aliphatic rings. The van der Waals surface area contributed by atoms with Crippen LogP contribution in [0.25, 0.3) is 0 Å². The second-order valence-electron chi connectivity index (χ2n) is 4.70. The van der Waals surface area contributed by atoms with Gasteiger partial charge >= 0.3 is 0 Å². The molecule has 0 spiro atoms. The number of carbonyl (C=O) groups is 1. The van der Waals surface area contributed by atoms with E-state index >= 15 is 0 Å². The highest BCUT2D eigenvalue weighted by molar-refractivity contribution is 7.15. The SMILES string of the molecule is Cc1nnc(NC(=O)Cn2nc(C3CC3)ccc2=O)s1. The van der Waals surface area contributed by atoms with E-state index in [1.54, 1.807) is 13.0 Å². The van der Waals surface area contributed by atoms with E-state index in [0.717, 1.165) is 23.5 Å². The second kappa shape index (κ2) is 5.12. The van der Waals surface area contributed by atoms with E-state index in [4.69, 9.17) is 0 Å². The van der Waals surface area contributed by atoms with Gasteiger partial charge in [-0.2, -0.15) is 5.10 Å². The number of nitrogens with zero attached hydrogens (tertiary/aromatic N) is 4. The fourth-order valence-electron chi connectivity index (χ4n) is 1.82. The van der Waals surface area contributed by atoms with Crippen LogP contribution in [-0.4, -0.2) is 25.9 Å². The summed E-state index contributed by atoms with van der Waals surface area (Å²) in [6, 6.07) is 3.20. The van der Waals surface area contributed by atoms with Crippen molar-refractivity contribution in [3.63, 3.8) is 0 Å². The summed E-state index contributed by atoms with van der Waals surface area (Å²) in [4.78, 5) is 23.6. The molecule has 2 aromatic rings. The van der Waals surface area contributed by atoms with E-state index in [2.05, 4.69) is 20.6 Å². The van der Waals surface area contributed by atoms with E-state index in [1.807, 2.05) is 0 Å². The van der Waals surface area contributed by atoms with Gasteiger partial charge in [0.2, 0.25) is 11.0 Å². The van der Waals surface area contributed by atoms with Crippen LogP contribution in [0.1, 0.15) is 29.5 Å². The van der Waals surface area contributed by atoms with Crippen molar-refractivity contribution in [2.24, 2.45) is 0 Å². The van der Waals surface area contributed by atoms with Crippen molar-refractivity contribution < 1.29 is 4.79 Å². The normalized spacial score (nSPS) is 14.2. The molecule has 1 aliphatic carbocycles. The minimum absolute atomic E-state index is 0.113. The summed E-state index contributed by atoms with van der Waals surface area (Å²) in [5.74, 6) is 0.111. The second-order valence-corrected chi connectivity index (χ2v) is 5.88. The van der Waals surface area contributed by atoms with Gasteiger partial charge in [0.05, 0.1) is 5.69 Å². The third-order valence-corrected chi connectivity index (χ3v) is 3.70. The quantitative estimate of drug-likeness (QED) is 0.904. The van der Waals surface area contributed by atoms with Gasteiger partial charge in [0, 0.05) is 12.0 Å². The zero-order valence-corrected chi connectivity index (χ0v) is 11.7. The van der Waals surface area contributed by atoms with Crippen molar-refractivity contribution in [1.82, 2.24) is 20.0 Å². The molecular formula is C12H13N5O2S. The van der Waals surface area contributed by atoms with E-state index < -0.39 is 0 Å². The first kappa shape index (κ1) is 12.9. The number of aryl methyl sites for hydroxylation is 1. The van der Waals surface area contributed by atoms with Crippen LogP contribution in [-0.2, 0) is 11.3 Å². The molecule has 0 unspecified atom stereocenters. The van der Waals surface area contributed by atoms with Gasteiger partial charge < -0.3 is 0 Å². The van der Waals surface area contributed by atoms with Gasteiger partial charge in [0.25, 0.3) is 5.56 Å². The Balaban J connectivity index is 1.71. The Morgan fingerprint density at radius 1 is 1.45 bits per heavy atom. The smallest absolute Gasteiger partial charge is 0.267 e. The number of anilines is 1. The Hall–Kier alpha value is -2.09. The average Bonchev–Trinajstić information content (AvgIpc) is 3.17. The molecule has 0 aliphatic heterocycles. The first-order valence-electron chi connectivity index (χ1n) is 6.30. The third kappa shape index (κ3) is 2.90. The minimum Gasteiger partial charge on any atom is -0.299 e. The number of hydrogen-bond acceptors (Lipinski definition) is 6. The Bertz CT molecular complexity index is 704. The van der Waals surface area contributed by atoms with E-state index in [9.17, 15) is 9.59 Å². The fourth-order valence-corrected chi connectivity index (χ4v) is 2.42. The molecule has 104 valence electrons. The number of carbonyl (C=O) groups excluding carboxylic acids is 1. The molecule has 1 N–H and O–H groups in total. The molecule has 2 aromatic heterocycles. The molecule has 7 nitrogen and oxygen atoms in total. The molecular weight excluding hydrogens is 278 g/mol. The maximum Gasteiger partial charge on any atom is 0.267 e. The standard InChI is InChI=1S/C12H13N5O2S/c1-7-14-15-12(20-7)13-10(18)6-17-11(19)5-4-9(16-17)8-2-3-8/h4-5,8H,2-3,6H2,1H3,(H,13,15,18). The summed E-state index contributed by atoms with van der Waals surface area (Å²) in [6.45, 7) is 1.69. The molecule has 20 heavy (non-hydrogen) atoms. The van der Waals surface area contributed by atoms with Crippen LogP contribution >= 0.6 is 11.3 Å². The van der Waals surface area contributed by atoms with Gasteiger partial charge in [-0.15, -0.1) is 10.2 Å². The number of nitrogens with one attached hydrogen (secondary N) is 1. The summed E-state index contributed by atoms with van der Waals surface area (Å²) in [6.07, 6.45) is 2.20. The van der Waals surface area contributed by atoms with Gasteiger partial charge in [-0.1, -0.05) is 11.3 Å². The Kier molecular flexibility index (Phi) is 3.31. The summed E-state index contributed by atoms with van der Waals surface area (Å²) in [7, 11) is 0. The molecule has 0 radical (unpaired) electrons. The van der Waals surface area contributed by atoms with Crippen molar-refractivity contribution >= 4 is 22.4 Å². The molecule has 2 heterocycles. The molecule has 1 fully saturated rings. The van der Waals surface area contributed by atoms with Crippen LogP contribution in [0.4, 0.5) is 5.13 Å². The van der Waals surface area contributed by atoms with Crippen LogP contribution in [0.2, 0.25) is 0 Å². The summed E-state index contributed by atoms with van der Waals surface area (Å²) < 4.78 is 1.19. The lowest BCUT2D eigenvalue weighted by molar-refractivity contribution is -0.117. The van der Waals surface area contributed by atoms with E-state index in [-0.39, 0.29) is 18.0 Å². The fraction of sp³-hybridized carbons (Fsp3) is 0.417. The van der Waals surface area contributed by atoms with Gasteiger partial charge in [-0.05, 0) is 25.8 Å². The largest absolute Gasteiger partial charge is 0.299 e. The van der Waals surface area contributed by atoms with E-state index in [1.165, 1.54) is 22.1 Å². The van der Waals surface area contributed by atoms with Gasteiger partial charge in [-0.25, -0.2) is 4.68 Å². The maximum absolute atomic E-state index is 11.9. The van der Waals surface area contributed by atoms with Crippen molar-refractivity contribution in [2.45, 2.75) is 32.2 Å². The lowest BCUT2D eigenvalue weighted by atomic mass is 10.3. The van der Waals surface area contributed by atoms with Crippen molar-refractivity contribution in [3.8, 4) is 0 Å². The molecule has 8 heteroatoms. The number of aromatic nitrogens is 4. The first-order chi connectivity index (χ1) is 9.61. The Labute approximate surface area is 118 Å². The molecule has 0 atom stereocenters. The summed E-state index contributed by atoms with van der Waals surface area (Å²) in [5.41, 5.74) is 0.599. The molecule has 1 saturated carbocycles. The van der Waals surface area contributed by atoms with Crippen LogP contribution < -0.4 is 10.9 Å². The third-order valence-electron chi connectivity index (χ3n) is 2.95. The number of rotatable bonds is 4. The van der Waals surface area contributed by atoms with Gasteiger partial charge in [-0.3, -0.25) is 14.9 Å². The zero-order valence-electron chi connectivity index (χ0n) is 10.9. The number of amides is 1. The number of hydrogen-bond donors (Lipinski definition) is 1. The summed E-state index contributed by atoms with van der Waals surface area (Å²) in [5, 5.41) is 15.7. The first-order valence-corrected chi connectivity index (χ1v) is 7.11. The molecule has 1 amide bonds.